The molecule has 2 aromatic heterocycles. The summed E-state index contributed by atoms with van der Waals surface area (Å²) < 4.78 is 26.6. The van der Waals surface area contributed by atoms with Gasteiger partial charge in [0.05, 0.1) is 26.1 Å². The van der Waals surface area contributed by atoms with E-state index in [1.54, 1.807) is 6.33 Å². The Balaban J connectivity index is 1.58. The molecule has 2 unspecified atom stereocenters. The Labute approximate surface area is 215 Å². The molecule has 11 nitrogen and oxygen atoms in total. The second kappa shape index (κ2) is 13.4. The summed E-state index contributed by atoms with van der Waals surface area (Å²) in [5.74, 6) is 0.00228. The van der Waals surface area contributed by atoms with Crippen LogP contribution >= 0.6 is 18.1 Å². The minimum absolute atomic E-state index is 0.00145. The van der Waals surface area contributed by atoms with Crippen LogP contribution in [0.3, 0.4) is 0 Å². The van der Waals surface area contributed by atoms with Crippen molar-refractivity contribution < 1.29 is 23.7 Å². The number of ether oxygens (including phenoxy) is 1. The minimum atomic E-state index is -3.40. The Morgan fingerprint density at radius 1 is 1.31 bits per heavy atom. The van der Waals surface area contributed by atoms with E-state index in [0.29, 0.717) is 29.2 Å². The van der Waals surface area contributed by atoms with Gasteiger partial charge in [-0.25, -0.2) is 10.1 Å². The van der Waals surface area contributed by atoms with Crippen LogP contribution in [0.5, 0.6) is 5.88 Å². The summed E-state index contributed by atoms with van der Waals surface area (Å²) >= 11 is 1.20. The number of hydrogen-bond donors (Lipinski definition) is 3. The number of imidazole rings is 1. The smallest absolute Gasteiger partial charge is 0.327 e. The summed E-state index contributed by atoms with van der Waals surface area (Å²) in [6.07, 6.45) is 13.2. The average Bonchev–Trinajstić information content (AvgIpc) is 3.48. The van der Waals surface area contributed by atoms with Crippen molar-refractivity contribution in [2.45, 2.75) is 70.9 Å². The number of nitrogens with zero attached hydrogens (tertiary/aromatic N) is 4. The lowest BCUT2D eigenvalue weighted by atomic mass is 10.1. The van der Waals surface area contributed by atoms with Crippen molar-refractivity contribution >= 4 is 41.2 Å². The van der Waals surface area contributed by atoms with E-state index in [1.165, 1.54) is 44.7 Å². The predicted molar refractivity (Wildman–Crippen MR) is 142 cm³/mol. The van der Waals surface area contributed by atoms with Crippen molar-refractivity contribution in [1.82, 2.24) is 24.6 Å². The van der Waals surface area contributed by atoms with Crippen molar-refractivity contribution in [2.75, 3.05) is 25.2 Å². The van der Waals surface area contributed by atoms with Gasteiger partial charge in [0.25, 0.3) is 0 Å². The van der Waals surface area contributed by atoms with Gasteiger partial charge in [0.2, 0.25) is 11.8 Å². The van der Waals surface area contributed by atoms with E-state index in [-0.39, 0.29) is 24.5 Å². The van der Waals surface area contributed by atoms with Crippen LogP contribution in [0.4, 0.5) is 5.95 Å². The molecule has 200 valence electrons. The number of methoxy groups -OCH3 is 1. The first-order valence-electron chi connectivity index (χ1n) is 12.4. The maximum atomic E-state index is 13.5. The zero-order chi connectivity index (χ0) is 26.1. The average molecular weight is 541 g/mol. The van der Waals surface area contributed by atoms with Crippen molar-refractivity contribution in [3.63, 3.8) is 0 Å². The Kier molecular flexibility index (Phi) is 10.6. The first-order valence-corrected chi connectivity index (χ1v) is 15.6. The van der Waals surface area contributed by atoms with Gasteiger partial charge in [0.1, 0.15) is 6.04 Å². The number of fused-ring (bicyclic) bond motifs is 1. The predicted octanol–water partition coefficient (Wildman–Crippen LogP) is 4.82. The van der Waals surface area contributed by atoms with Gasteiger partial charge < -0.3 is 24.7 Å². The number of allylic oxidation sites excluding steroid dienone is 1. The molecule has 1 aliphatic rings. The highest BCUT2D eigenvalue weighted by molar-refractivity contribution is 8.56. The lowest BCUT2D eigenvalue weighted by Gasteiger charge is -2.23. The highest BCUT2D eigenvalue weighted by Gasteiger charge is 2.31. The normalized spacial score (nSPS) is 20.0. The molecule has 36 heavy (non-hydrogen) atoms. The van der Waals surface area contributed by atoms with Gasteiger partial charge in [0, 0.05) is 11.7 Å². The molecule has 2 heterocycles. The first kappa shape index (κ1) is 28.4. The molecule has 3 rings (SSSR count). The van der Waals surface area contributed by atoms with Gasteiger partial charge in [-0.15, -0.1) is 0 Å². The van der Waals surface area contributed by atoms with Crippen LogP contribution in [0.1, 0.15) is 64.8 Å². The number of nitrogens with two attached hydrogens (primary N) is 1. The summed E-state index contributed by atoms with van der Waals surface area (Å²) in [7, 11) is 1.51. The summed E-state index contributed by atoms with van der Waals surface area (Å²) in [5.41, 5.74) is 6.93. The summed E-state index contributed by atoms with van der Waals surface area (Å²) in [6.45, 7) is 0.462. The molecule has 4 N–H and O–H groups in total. The zero-order valence-electron chi connectivity index (χ0n) is 21.1. The maximum absolute atomic E-state index is 13.5. The molecule has 1 aliphatic carbocycles. The van der Waals surface area contributed by atoms with E-state index < -0.39 is 18.7 Å². The lowest BCUT2D eigenvalue weighted by Crippen LogP contribution is -2.31. The highest BCUT2D eigenvalue weighted by Crippen LogP contribution is 2.57. The fourth-order valence-electron chi connectivity index (χ4n) is 4.04. The van der Waals surface area contributed by atoms with Gasteiger partial charge >= 0.3 is 12.7 Å². The number of nitrogens with one attached hydrogen (secondary N) is 1. The lowest BCUT2D eigenvalue weighted by molar-refractivity contribution is -0.138. The monoisotopic (exact) mass is 540 g/mol. The summed E-state index contributed by atoms with van der Waals surface area (Å²) in [5, 5.41) is 12.0. The van der Waals surface area contributed by atoms with Gasteiger partial charge in [-0.2, -0.15) is 9.97 Å². The van der Waals surface area contributed by atoms with Crippen molar-refractivity contribution in [3.8, 4) is 5.88 Å². The molecular weight excluding hydrogens is 503 g/mol. The van der Waals surface area contributed by atoms with Crippen molar-refractivity contribution in [2.24, 2.45) is 5.92 Å². The van der Waals surface area contributed by atoms with Crippen molar-refractivity contribution in [1.29, 1.82) is 0 Å². The molecule has 2 aromatic rings. The standard InChI is InChI=1S/C23H37N6O5PS/c1-4-5-6-7-8-9-12-36-35(32,28-16(2)22(30)31)34-14-17-10-11-18(13-17)29-15-25-19-20(29)26-23(24)27-21(19)33-3/h10-11,15-18H,4-9,12-14H2,1-3H3,(H,28,32)(H,30,31)(H2,24,26,27)/t16?,17-,18+,35?/m1/s1. The summed E-state index contributed by atoms with van der Waals surface area (Å²) in [4.78, 5) is 24.1. The van der Waals surface area contributed by atoms with Gasteiger partial charge in [-0.3, -0.25) is 9.36 Å². The second-order valence-corrected chi connectivity index (χ2v) is 13.3. The van der Waals surface area contributed by atoms with E-state index in [9.17, 15) is 14.5 Å². The maximum Gasteiger partial charge on any atom is 0.327 e. The number of carbonyl (C=O) groups is 1. The number of rotatable bonds is 16. The second-order valence-electron chi connectivity index (χ2n) is 8.95. The number of aliphatic carboxylic acids is 1. The molecule has 0 spiro atoms. The van der Waals surface area contributed by atoms with Crippen LogP contribution in [0.2, 0.25) is 0 Å². The Hall–Kier alpha value is -2.14. The van der Waals surface area contributed by atoms with Crippen LogP contribution in [0.25, 0.3) is 11.2 Å². The van der Waals surface area contributed by atoms with Crippen molar-refractivity contribution in [3.05, 3.63) is 18.5 Å². The quantitative estimate of drug-likeness (QED) is 0.152. The molecule has 0 aromatic carbocycles. The van der Waals surface area contributed by atoms with Gasteiger partial charge in [-0.1, -0.05) is 62.6 Å². The SMILES string of the molecule is CCCCCCCCSP(=O)(NC(C)C(=O)O)OC[C@@H]1C=C[C@H](n2cnc3c(OC)nc(N)nc32)C1. The third-order valence-corrected chi connectivity index (χ3v) is 10.3. The number of aromatic nitrogens is 4. The van der Waals surface area contributed by atoms with Crippen LogP contribution in [0.15, 0.2) is 18.5 Å². The number of carboxylic acid groups (broad SMARTS) is 1. The molecule has 0 fully saturated rings. The minimum Gasteiger partial charge on any atom is -0.480 e. The fraction of sp³-hybridized carbons (Fsp3) is 0.652. The van der Waals surface area contributed by atoms with E-state index in [0.717, 1.165) is 19.3 Å². The Morgan fingerprint density at radius 2 is 2.06 bits per heavy atom. The molecule has 4 atom stereocenters. The van der Waals surface area contributed by atoms with Crippen LogP contribution < -0.4 is 15.6 Å². The van der Waals surface area contributed by atoms with E-state index in [2.05, 4.69) is 27.0 Å². The fourth-order valence-corrected chi connectivity index (χ4v) is 8.02. The third-order valence-electron chi connectivity index (χ3n) is 6.05. The third kappa shape index (κ3) is 7.68. The highest BCUT2D eigenvalue weighted by atomic mass is 32.7. The number of anilines is 1. The topological polar surface area (TPSA) is 154 Å². The zero-order valence-corrected chi connectivity index (χ0v) is 22.8. The number of carboxylic acids is 1. The van der Waals surface area contributed by atoms with Gasteiger partial charge in [-0.05, 0) is 19.8 Å². The number of unbranched alkanes of at least 4 members (excludes halogenated alkanes) is 5. The molecule has 0 saturated carbocycles. The van der Waals surface area contributed by atoms with Crippen LogP contribution in [0, 0.1) is 5.92 Å². The van der Waals surface area contributed by atoms with Crippen LogP contribution in [-0.4, -0.2) is 56.1 Å². The molecule has 0 bridgehead atoms. The largest absolute Gasteiger partial charge is 0.480 e. The Bertz CT molecular complexity index is 1100. The molecule has 0 radical (unpaired) electrons. The van der Waals surface area contributed by atoms with E-state index >= 15 is 0 Å². The molecule has 13 heteroatoms. The molecule has 0 amide bonds. The van der Waals surface area contributed by atoms with Gasteiger partial charge in [0.15, 0.2) is 11.2 Å². The molecule has 0 aliphatic heterocycles. The summed E-state index contributed by atoms with van der Waals surface area (Å²) in [6, 6.07) is -1.01. The van der Waals surface area contributed by atoms with E-state index in [4.69, 9.17) is 15.0 Å². The number of nitrogen functional groups attached to an aromatic ring is 1. The first-order chi connectivity index (χ1) is 17.3. The van der Waals surface area contributed by atoms with Crippen LogP contribution in [-0.2, 0) is 13.9 Å². The number of hydrogen-bond acceptors (Lipinski definition) is 9. The van der Waals surface area contributed by atoms with E-state index in [1.807, 2.05) is 16.7 Å². The molecular formula is C23H37N6O5PS. The Morgan fingerprint density at radius 3 is 2.78 bits per heavy atom. The molecule has 0 saturated heterocycles.